The summed E-state index contributed by atoms with van der Waals surface area (Å²) in [6.07, 6.45) is 4.36. The molecule has 2 rings (SSSR count). The molecule has 1 aromatic carbocycles. The van der Waals surface area contributed by atoms with Crippen molar-refractivity contribution in [3.05, 3.63) is 34.6 Å². The Hall–Kier alpha value is -0.600. The first-order valence-electron chi connectivity index (χ1n) is 7.06. The van der Waals surface area contributed by atoms with E-state index >= 15 is 0 Å². The predicted molar refractivity (Wildman–Crippen MR) is 76.9 cm³/mol. The lowest BCUT2D eigenvalue weighted by molar-refractivity contribution is -0.0146. The Morgan fingerprint density at radius 1 is 1.37 bits per heavy atom. The van der Waals surface area contributed by atoms with Gasteiger partial charge in [-0.2, -0.15) is 0 Å². The van der Waals surface area contributed by atoms with Gasteiger partial charge in [0, 0.05) is 6.42 Å². The third-order valence-corrected chi connectivity index (χ3v) is 4.71. The standard InChI is InChI=1S/C16H22ClFO/c1-11(2)13-5-7-16(19,8-6-13)10-12-3-4-15(18)14(17)9-12/h3-4,9,11,13,19H,5-8,10H2,1-2H3. The van der Waals surface area contributed by atoms with Crippen LogP contribution < -0.4 is 0 Å². The molecule has 1 aliphatic rings. The molecule has 0 aromatic heterocycles. The maximum absolute atomic E-state index is 13.1. The maximum atomic E-state index is 13.1. The average molecular weight is 285 g/mol. The molecule has 0 saturated heterocycles. The third kappa shape index (κ3) is 3.70. The van der Waals surface area contributed by atoms with Crippen LogP contribution in [0.2, 0.25) is 5.02 Å². The first-order chi connectivity index (χ1) is 8.89. The summed E-state index contributed by atoms with van der Waals surface area (Å²) >= 11 is 5.79. The van der Waals surface area contributed by atoms with Crippen molar-refractivity contribution in [3.63, 3.8) is 0 Å². The fourth-order valence-corrected chi connectivity index (χ4v) is 3.25. The van der Waals surface area contributed by atoms with E-state index < -0.39 is 11.4 Å². The van der Waals surface area contributed by atoms with Crippen LogP contribution in [0.15, 0.2) is 18.2 Å². The van der Waals surface area contributed by atoms with E-state index in [4.69, 9.17) is 11.6 Å². The Bertz CT molecular complexity index is 436. The number of halogens is 2. The molecule has 1 aromatic rings. The van der Waals surface area contributed by atoms with Gasteiger partial charge in [0.05, 0.1) is 10.6 Å². The van der Waals surface area contributed by atoms with E-state index in [1.165, 1.54) is 6.07 Å². The van der Waals surface area contributed by atoms with Gasteiger partial charge < -0.3 is 5.11 Å². The van der Waals surface area contributed by atoms with Gasteiger partial charge in [-0.05, 0) is 55.2 Å². The summed E-state index contributed by atoms with van der Waals surface area (Å²) in [4.78, 5) is 0. The Morgan fingerprint density at radius 3 is 2.53 bits per heavy atom. The third-order valence-electron chi connectivity index (χ3n) is 4.42. The molecular weight excluding hydrogens is 263 g/mol. The topological polar surface area (TPSA) is 20.2 Å². The highest BCUT2D eigenvalue weighted by Crippen LogP contribution is 2.37. The second kappa shape index (κ2) is 5.80. The molecule has 3 heteroatoms. The lowest BCUT2D eigenvalue weighted by Gasteiger charge is -2.37. The first-order valence-corrected chi connectivity index (χ1v) is 7.44. The first kappa shape index (κ1) is 14.8. The number of aliphatic hydroxyl groups is 1. The summed E-state index contributed by atoms with van der Waals surface area (Å²) in [7, 11) is 0. The van der Waals surface area contributed by atoms with Gasteiger partial charge in [-0.1, -0.05) is 31.5 Å². The molecule has 0 spiro atoms. The van der Waals surface area contributed by atoms with E-state index in [0.717, 1.165) is 37.2 Å². The zero-order valence-electron chi connectivity index (χ0n) is 11.6. The minimum atomic E-state index is -0.646. The quantitative estimate of drug-likeness (QED) is 0.860. The minimum absolute atomic E-state index is 0.136. The Kier molecular flexibility index (Phi) is 4.52. The highest BCUT2D eigenvalue weighted by molar-refractivity contribution is 6.30. The highest BCUT2D eigenvalue weighted by atomic mass is 35.5. The normalized spacial score (nSPS) is 27.8. The largest absolute Gasteiger partial charge is 0.390 e. The Morgan fingerprint density at radius 2 is 2.00 bits per heavy atom. The molecule has 0 atom stereocenters. The van der Waals surface area contributed by atoms with E-state index in [9.17, 15) is 9.50 Å². The number of hydrogen-bond donors (Lipinski definition) is 1. The van der Waals surface area contributed by atoms with E-state index in [0.29, 0.717) is 12.3 Å². The Balaban J connectivity index is 2.00. The van der Waals surface area contributed by atoms with Crippen molar-refractivity contribution in [1.29, 1.82) is 0 Å². The van der Waals surface area contributed by atoms with Gasteiger partial charge in [0.25, 0.3) is 0 Å². The van der Waals surface area contributed by atoms with Gasteiger partial charge in [-0.3, -0.25) is 0 Å². The fraction of sp³-hybridized carbons (Fsp3) is 0.625. The van der Waals surface area contributed by atoms with Crippen molar-refractivity contribution < 1.29 is 9.50 Å². The predicted octanol–water partition coefficient (Wildman–Crippen LogP) is 4.60. The molecule has 0 bridgehead atoms. The summed E-state index contributed by atoms with van der Waals surface area (Å²) in [5, 5.41) is 10.8. The van der Waals surface area contributed by atoms with E-state index in [1.54, 1.807) is 12.1 Å². The van der Waals surface area contributed by atoms with E-state index in [2.05, 4.69) is 13.8 Å². The molecule has 0 radical (unpaired) electrons. The second-order valence-corrected chi connectivity index (χ2v) is 6.64. The van der Waals surface area contributed by atoms with Gasteiger partial charge in [-0.15, -0.1) is 0 Å². The molecule has 1 fully saturated rings. The van der Waals surface area contributed by atoms with Crippen LogP contribution in [-0.2, 0) is 6.42 Å². The van der Waals surface area contributed by atoms with Gasteiger partial charge in [0.2, 0.25) is 0 Å². The molecule has 1 saturated carbocycles. The number of hydrogen-bond acceptors (Lipinski definition) is 1. The van der Waals surface area contributed by atoms with Crippen LogP contribution in [0, 0.1) is 17.7 Å². The molecule has 0 aliphatic heterocycles. The van der Waals surface area contributed by atoms with E-state index in [1.807, 2.05) is 0 Å². The number of rotatable bonds is 3. The molecule has 1 aliphatic carbocycles. The van der Waals surface area contributed by atoms with Crippen molar-refractivity contribution >= 4 is 11.6 Å². The van der Waals surface area contributed by atoms with Crippen molar-refractivity contribution in [1.82, 2.24) is 0 Å². The molecule has 106 valence electrons. The van der Waals surface area contributed by atoms with Gasteiger partial charge in [0.1, 0.15) is 5.82 Å². The molecular formula is C16H22ClFO. The zero-order chi connectivity index (χ0) is 14.0. The van der Waals surface area contributed by atoms with Crippen molar-refractivity contribution in [2.45, 2.75) is 51.6 Å². The molecule has 19 heavy (non-hydrogen) atoms. The van der Waals surface area contributed by atoms with Crippen molar-refractivity contribution in [2.75, 3.05) is 0 Å². The van der Waals surface area contributed by atoms with Crippen LogP contribution in [0.5, 0.6) is 0 Å². The molecule has 1 N–H and O–H groups in total. The van der Waals surface area contributed by atoms with Crippen LogP contribution in [0.4, 0.5) is 4.39 Å². The molecule has 0 heterocycles. The number of benzene rings is 1. The van der Waals surface area contributed by atoms with Crippen LogP contribution in [0.3, 0.4) is 0 Å². The van der Waals surface area contributed by atoms with Crippen molar-refractivity contribution in [2.24, 2.45) is 11.8 Å². The van der Waals surface area contributed by atoms with E-state index in [-0.39, 0.29) is 5.02 Å². The van der Waals surface area contributed by atoms with Crippen LogP contribution in [-0.4, -0.2) is 10.7 Å². The summed E-state index contributed by atoms with van der Waals surface area (Å²) < 4.78 is 13.1. The lowest BCUT2D eigenvalue weighted by atomic mass is 9.72. The van der Waals surface area contributed by atoms with Crippen molar-refractivity contribution in [3.8, 4) is 0 Å². The van der Waals surface area contributed by atoms with Gasteiger partial charge in [-0.25, -0.2) is 4.39 Å². The summed E-state index contributed by atoms with van der Waals surface area (Å²) in [5.74, 6) is 1.00. The summed E-state index contributed by atoms with van der Waals surface area (Å²) in [6, 6.07) is 4.72. The SMILES string of the molecule is CC(C)C1CCC(O)(Cc2ccc(F)c(Cl)c2)CC1. The zero-order valence-corrected chi connectivity index (χ0v) is 12.4. The van der Waals surface area contributed by atoms with Crippen LogP contribution >= 0.6 is 11.6 Å². The smallest absolute Gasteiger partial charge is 0.141 e. The van der Waals surface area contributed by atoms with Crippen LogP contribution in [0.25, 0.3) is 0 Å². The summed E-state index contributed by atoms with van der Waals surface area (Å²) in [5.41, 5.74) is 0.268. The molecule has 1 nitrogen and oxygen atoms in total. The average Bonchev–Trinajstić information content (AvgIpc) is 2.34. The monoisotopic (exact) mass is 284 g/mol. The maximum Gasteiger partial charge on any atom is 0.141 e. The molecule has 0 unspecified atom stereocenters. The lowest BCUT2D eigenvalue weighted by Crippen LogP contribution is -2.37. The highest BCUT2D eigenvalue weighted by Gasteiger charge is 2.34. The fourth-order valence-electron chi connectivity index (χ4n) is 3.05. The second-order valence-electron chi connectivity index (χ2n) is 6.23. The summed E-state index contributed by atoms with van der Waals surface area (Å²) in [6.45, 7) is 4.49. The Labute approximate surface area is 119 Å². The van der Waals surface area contributed by atoms with Crippen LogP contribution in [0.1, 0.15) is 45.1 Å². The minimum Gasteiger partial charge on any atom is -0.390 e. The molecule has 0 amide bonds. The van der Waals surface area contributed by atoms with Gasteiger partial charge in [0.15, 0.2) is 0 Å². The van der Waals surface area contributed by atoms with Gasteiger partial charge >= 0.3 is 0 Å².